The molecule has 1 aliphatic rings. The van der Waals surface area contributed by atoms with Crippen LogP contribution < -0.4 is 11.1 Å². The number of hydrogen-bond donors (Lipinski definition) is 2. The second-order valence-electron chi connectivity index (χ2n) is 5.24. The lowest BCUT2D eigenvalue weighted by molar-refractivity contribution is -0.121. The summed E-state index contributed by atoms with van der Waals surface area (Å²) in [7, 11) is 0. The second kappa shape index (κ2) is 5.25. The quantitative estimate of drug-likeness (QED) is 0.826. The molecule has 3 rings (SSSR count). The zero-order valence-electron chi connectivity index (χ0n) is 11.1. The molecular formula is C15H17N3OS. The van der Waals surface area contributed by atoms with Gasteiger partial charge in [0.15, 0.2) is 0 Å². The molecule has 1 aromatic carbocycles. The minimum Gasteiger partial charge on any atom is -0.389 e. The maximum atomic E-state index is 11.7. The topological polar surface area (TPSA) is 60.0 Å². The summed E-state index contributed by atoms with van der Waals surface area (Å²) in [6.07, 6.45) is 4.76. The summed E-state index contributed by atoms with van der Waals surface area (Å²) < 4.78 is 2.09. The molecule has 1 amide bonds. The lowest BCUT2D eigenvalue weighted by Crippen LogP contribution is -2.26. The van der Waals surface area contributed by atoms with Crippen molar-refractivity contribution in [2.24, 2.45) is 5.73 Å². The third-order valence-electron chi connectivity index (χ3n) is 3.58. The lowest BCUT2D eigenvalue weighted by Gasteiger charge is -2.07. The van der Waals surface area contributed by atoms with E-state index in [9.17, 15) is 4.79 Å². The van der Waals surface area contributed by atoms with Gasteiger partial charge in [0.25, 0.3) is 0 Å². The van der Waals surface area contributed by atoms with Gasteiger partial charge in [0.1, 0.15) is 4.99 Å². The van der Waals surface area contributed by atoms with Gasteiger partial charge in [-0.1, -0.05) is 12.2 Å². The van der Waals surface area contributed by atoms with E-state index in [1.165, 1.54) is 0 Å². The Kier molecular flexibility index (Phi) is 3.44. The Hall–Kier alpha value is -1.88. The largest absolute Gasteiger partial charge is 0.389 e. The molecule has 0 atom stereocenters. The number of aromatic nitrogens is 1. The highest BCUT2D eigenvalue weighted by molar-refractivity contribution is 7.80. The fourth-order valence-corrected chi connectivity index (χ4v) is 2.42. The van der Waals surface area contributed by atoms with Crippen molar-refractivity contribution < 1.29 is 4.79 Å². The Morgan fingerprint density at radius 2 is 2.20 bits per heavy atom. The van der Waals surface area contributed by atoms with Gasteiger partial charge < -0.3 is 15.6 Å². The van der Waals surface area contributed by atoms with Gasteiger partial charge in [-0.25, -0.2) is 0 Å². The zero-order valence-corrected chi connectivity index (χ0v) is 12.0. The summed E-state index contributed by atoms with van der Waals surface area (Å²) in [4.78, 5) is 12.1. The summed E-state index contributed by atoms with van der Waals surface area (Å²) in [5, 5.41) is 4.10. The molecule has 20 heavy (non-hydrogen) atoms. The number of benzene rings is 1. The first-order valence-electron chi connectivity index (χ1n) is 6.81. The van der Waals surface area contributed by atoms with Gasteiger partial charge in [-0.05, 0) is 37.1 Å². The fourth-order valence-electron chi connectivity index (χ4n) is 2.30. The van der Waals surface area contributed by atoms with E-state index in [1.54, 1.807) is 0 Å². The van der Waals surface area contributed by atoms with Gasteiger partial charge in [0, 0.05) is 41.7 Å². The molecule has 0 bridgehead atoms. The van der Waals surface area contributed by atoms with Gasteiger partial charge in [0.2, 0.25) is 5.91 Å². The van der Waals surface area contributed by atoms with Gasteiger partial charge in [-0.15, -0.1) is 0 Å². The van der Waals surface area contributed by atoms with Crippen molar-refractivity contribution in [3.8, 4) is 0 Å². The maximum Gasteiger partial charge on any atom is 0.222 e. The Balaban J connectivity index is 1.71. The summed E-state index contributed by atoms with van der Waals surface area (Å²) >= 11 is 4.98. The molecule has 1 saturated carbocycles. The summed E-state index contributed by atoms with van der Waals surface area (Å²) in [5.41, 5.74) is 7.61. The van der Waals surface area contributed by atoms with E-state index in [0.717, 1.165) is 29.3 Å². The second-order valence-corrected chi connectivity index (χ2v) is 5.68. The van der Waals surface area contributed by atoms with Crippen LogP contribution in [0.25, 0.3) is 10.9 Å². The van der Waals surface area contributed by atoms with E-state index in [4.69, 9.17) is 18.0 Å². The normalized spacial score (nSPS) is 14.4. The van der Waals surface area contributed by atoms with E-state index in [1.807, 2.05) is 30.5 Å². The van der Waals surface area contributed by atoms with Crippen LogP contribution in [0, 0.1) is 0 Å². The van der Waals surface area contributed by atoms with Crippen LogP contribution in [0.4, 0.5) is 0 Å². The first kappa shape index (κ1) is 13.1. The van der Waals surface area contributed by atoms with Crippen molar-refractivity contribution in [3.05, 3.63) is 36.0 Å². The summed E-state index contributed by atoms with van der Waals surface area (Å²) in [6, 6.07) is 8.36. The lowest BCUT2D eigenvalue weighted by atomic mass is 10.1. The molecule has 5 heteroatoms. The third-order valence-corrected chi connectivity index (χ3v) is 3.81. The Bertz CT molecular complexity index is 673. The number of aryl methyl sites for hydroxylation is 1. The fraction of sp³-hybridized carbons (Fsp3) is 0.333. The molecule has 1 aromatic heterocycles. The number of carbonyl (C=O) groups is 1. The predicted molar refractivity (Wildman–Crippen MR) is 83.6 cm³/mol. The van der Waals surface area contributed by atoms with Crippen LogP contribution in [0.1, 0.15) is 24.8 Å². The Morgan fingerprint density at radius 1 is 1.40 bits per heavy atom. The average Bonchev–Trinajstić information content (AvgIpc) is 3.14. The smallest absolute Gasteiger partial charge is 0.222 e. The molecule has 1 aliphatic carbocycles. The molecule has 0 radical (unpaired) electrons. The van der Waals surface area contributed by atoms with E-state index < -0.39 is 0 Å². The third kappa shape index (κ3) is 2.82. The van der Waals surface area contributed by atoms with Gasteiger partial charge in [-0.2, -0.15) is 0 Å². The molecule has 0 spiro atoms. The Morgan fingerprint density at radius 3 is 2.90 bits per heavy atom. The van der Waals surface area contributed by atoms with Crippen LogP contribution >= 0.6 is 12.2 Å². The van der Waals surface area contributed by atoms with E-state index in [2.05, 4.69) is 9.88 Å². The van der Waals surface area contributed by atoms with Crippen LogP contribution in [0.3, 0.4) is 0 Å². The number of amides is 1. The summed E-state index contributed by atoms with van der Waals surface area (Å²) in [6.45, 7) is 0.689. The average molecular weight is 287 g/mol. The van der Waals surface area contributed by atoms with Gasteiger partial charge >= 0.3 is 0 Å². The van der Waals surface area contributed by atoms with Crippen LogP contribution in [-0.2, 0) is 11.3 Å². The molecule has 104 valence electrons. The number of carbonyl (C=O) groups excluding carboxylic acids is 1. The number of hydrogen-bond acceptors (Lipinski definition) is 2. The van der Waals surface area contributed by atoms with Crippen molar-refractivity contribution in [3.63, 3.8) is 0 Å². The van der Waals surface area contributed by atoms with Crippen molar-refractivity contribution >= 4 is 34.0 Å². The van der Waals surface area contributed by atoms with Crippen molar-refractivity contribution in [2.75, 3.05) is 0 Å². The van der Waals surface area contributed by atoms with Crippen LogP contribution in [0.15, 0.2) is 30.5 Å². The zero-order chi connectivity index (χ0) is 14.1. The molecular weight excluding hydrogens is 270 g/mol. The molecule has 2 aromatic rings. The first-order chi connectivity index (χ1) is 9.63. The van der Waals surface area contributed by atoms with Crippen molar-refractivity contribution in [1.82, 2.24) is 9.88 Å². The number of thiocarbonyl (C=S) groups is 1. The molecule has 0 unspecified atom stereocenters. The van der Waals surface area contributed by atoms with Crippen molar-refractivity contribution in [2.45, 2.75) is 31.8 Å². The highest BCUT2D eigenvalue weighted by Crippen LogP contribution is 2.20. The van der Waals surface area contributed by atoms with Crippen LogP contribution in [-0.4, -0.2) is 21.5 Å². The first-order valence-corrected chi connectivity index (χ1v) is 7.22. The number of nitrogens with zero attached hydrogens (tertiary/aromatic N) is 1. The minimum absolute atomic E-state index is 0.133. The predicted octanol–water partition coefficient (Wildman–Crippen LogP) is 1.94. The van der Waals surface area contributed by atoms with Crippen molar-refractivity contribution in [1.29, 1.82) is 0 Å². The monoisotopic (exact) mass is 287 g/mol. The van der Waals surface area contributed by atoms with E-state index >= 15 is 0 Å². The van der Waals surface area contributed by atoms with Gasteiger partial charge in [-0.3, -0.25) is 4.79 Å². The number of nitrogens with two attached hydrogens (primary N) is 1. The molecule has 1 heterocycles. The van der Waals surface area contributed by atoms with Crippen LogP contribution in [0.2, 0.25) is 0 Å². The van der Waals surface area contributed by atoms with E-state index in [-0.39, 0.29) is 5.91 Å². The minimum atomic E-state index is 0.133. The Labute approximate surface area is 122 Å². The molecule has 4 nitrogen and oxygen atoms in total. The SMILES string of the molecule is NC(=S)c1ccc2c(ccn2CCC(=O)NC2CC2)c1. The number of nitrogens with one attached hydrogen (secondary N) is 1. The standard InChI is InChI=1S/C15H17N3OS/c16-15(20)11-1-4-13-10(9-11)5-7-18(13)8-6-14(19)17-12-2-3-12/h1,4-5,7,9,12H,2-3,6,8H2,(H2,16,20)(H,17,19). The molecule has 3 N–H and O–H groups in total. The maximum absolute atomic E-state index is 11.7. The highest BCUT2D eigenvalue weighted by Gasteiger charge is 2.22. The summed E-state index contributed by atoms with van der Waals surface area (Å²) in [5.74, 6) is 0.133. The molecule has 1 fully saturated rings. The number of rotatable bonds is 5. The highest BCUT2D eigenvalue weighted by atomic mass is 32.1. The molecule has 0 saturated heterocycles. The van der Waals surface area contributed by atoms with Crippen LogP contribution in [0.5, 0.6) is 0 Å². The van der Waals surface area contributed by atoms with Gasteiger partial charge in [0.05, 0.1) is 0 Å². The number of fused-ring (bicyclic) bond motifs is 1. The molecule has 0 aliphatic heterocycles. The van der Waals surface area contributed by atoms with E-state index in [0.29, 0.717) is 24.0 Å².